The zero-order valence-corrected chi connectivity index (χ0v) is 16.0. The van der Waals surface area contributed by atoms with Crippen LogP contribution in [0.2, 0.25) is 0 Å². The van der Waals surface area contributed by atoms with E-state index in [1.165, 1.54) is 11.8 Å². The van der Waals surface area contributed by atoms with Crippen LogP contribution in [0.3, 0.4) is 0 Å². The molecule has 3 rings (SSSR count). The molecule has 7 heteroatoms. The van der Waals surface area contributed by atoms with Crippen LogP contribution in [0.4, 0.5) is 0 Å². The molecular formula is C18H16BrN3O2S. The summed E-state index contributed by atoms with van der Waals surface area (Å²) >= 11 is 4.74. The fourth-order valence-corrected chi connectivity index (χ4v) is 3.28. The first kappa shape index (κ1) is 17.7. The van der Waals surface area contributed by atoms with Gasteiger partial charge in [0.2, 0.25) is 11.8 Å². The van der Waals surface area contributed by atoms with Crippen molar-refractivity contribution in [1.82, 2.24) is 15.1 Å². The Morgan fingerprint density at radius 3 is 2.60 bits per heavy atom. The van der Waals surface area contributed by atoms with E-state index in [-0.39, 0.29) is 11.7 Å². The van der Waals surface area contributed by atoms with Crippen molar-refractivity contribution in [3.8, 4) is 11.5 Å². The summed E-state index contributed by atoms with van der Waals surface area (Å²) in [5, 5.41) is 8.40. The molecule has 1 aromatic heterocycles. The minimum absolute atomic E-state index is 0.000198. The Balaban J connectivity index is 1.55. The maximum Gasteiger partial charge on any atom is 0.277 e. The molecule has 1 heterocycles. The van der Waals surface area contributed by atoms with Gasteiger partial charge >= 0.3 is 0 Å². The van der Waals surface area contributed by atoms with Gasteiger partial charge in [0.15, 0.2) is 0 Å². The first-order valence-corrected chi connectivity index (χ1v) is 9.40. The number of halogens is 1. The van der Waals surface area contributed by atoms with E-state index in [0.29, 0.717) is 17.7 Å². The highest BCUT2D eigenvalue weighted by atomic mass is 79.9. The minimum atomic E-state index is 0.000198. The Morgan fingerprint density at radius 2 is 1.84 bits per heavy atom. The molecule has 0 saturated heterocycles. The Labute approximate surface area is 158 Å². The van der Waals surface area contributed by atoms with Gasteiger partial charge in [0.25, 0.3) is 5.22 Å². The van der Waals surface area contributed by atoms with E-state index in [1.807, 2.05) is 54.6 Å². The smallest absolute Gasteiger partial charge is 0.277 e. The molecular weight excluding hydrogens is 402 g/mol. The van der Waals surface area contributed by atoms with Crippen molar-refractivity contribution in [3.63, 3.8) is 0 Å². The van der Waals surface area contributed by atoms with Crippen LogP contribution in [-0.4, -0.2) is 33.8 Å². The molecule has 0 radical (unpaired) electrons. The average molecular weight is 418 g/mol. The number of hydrogen-bond acceptors (Lipinski definition) is 5. The number of hydrogen-bond donors (Lipinski definition) is 0. The number of amides is 1. The van der Waals surface area contributed by atoms with Gasteiger partial charge in [-0.1, -0.05) is 64.1 Å². The van der Waals surface area contributed by atoms with E-state index in [0.717, 1.165) is 15.6 Å². The van der Waals surface area contributed by atoms with Crippen LogP contribution in [0, 0.1) is 0 Å². The first-order valence-electron chi connectivity index (χ1n) is 7.62. The van der Waals surface area contributed by atoms with Crippen molar-refractivity contribution in [1.29, 1.82) is 0 Å². The molecule has 5 nitrogen and oxygen atoms in total. The molecule has 0 aliphatic rings. The van der Waals surface area contributed by atoms with Crippen molar-refractivity contribution >= 4 is 33.6 Å². The molecule has 0 aliphatic carbocycles. The molecule has 0 saturated carbocycles. The standard InChI is InChI=1S/C18H16BrN3O2S/c1-22(11-14-9-5-6-10-15(14)19)16(23)12-25-18-21-20-17(24-18)13-7-3-2-4-8-13/h2-10H,11-12H2,1H3. The van der Waals surface area contributed by atoms with E-state index in [2.05, 4.69) is 26.1 Å². The molecule has 0 fully saturated rings. The Morgan fingerprint density at radius 1 is 1.12 bits per heavy atom. The topological polar surface area (TPSA) is 59.2 Å². The first-order chi connectivity index (χ1) is 12.1. The Hall–Kier alpha value is -2.12. The van der Waals surface area contributed by atoms with Crippen molar-refractivity contribution in [2.24, 2.45) is 0 Å². The number of carbonyl (C=O) groups is 1. The molecule has 0 N–H and O–H groups in total. The third-order valence-electron chi connectivity index (χ3n) is 3.54. The lowest BCUT2D eigenvalue weighted by atomic mass is 10.2. The second-order valence-corrected chi connectivity index (χ2v) is 7.15. The SMILES string of the molecule is CN(Cc1ccccc1Br)C(=O)CSc1nnc(-c2ccccc2)o1. The maximum absolute atomic E-state index is 12.3. The van der Waals surface area contributed by atoms with Gasteiger partial charge < -0.3 is 9.32 Å². The highest BCUT2D eigenvalue weighted by Gasteiger charge is 2.14. The monoisotopic (exact) mass is 417 g/mol. The van der Waals surface area contributed by atoms with Crippen LogP contribution >= 0.6 is 27.7 Å². The second kappa shape index (κ2) is 8.31. The normalized spacial score (nSPS) is 10.6. The summed E-state index contributed by atoms with van der Waals surface area (Å²) in [4.78, 5) is 14.0. The molecule has 0 bridgehead atoms. The minimum Gasteiger partial charge on any atom is -0.411 e. The molecule has 1 amide bonds. The van der Waals surface area contributed by atoms with E-state index in [9.17, 15) is 4.79 Å². The van der Waals surface area contributed by atoms with Crippen LogP contribution in [0.15, 0.2) is 68.7 Å². The van der Waals surface area contributed by atoms with Gasteiger partial charge in [0.05, 0.1) is 5.75 Å². The predicted molar refractivity (Wildman–Crippen MR) is 101 cm³/mol. The Bertz CT molecular complexity index is 854. The number of thioether (sulfide) groups is 1. The number of benzene rings is 2. The zero-order chi connectivity index (χ0) is 17.6. The van der Waals surface area contributed by atoms with E-state index in [4.69, 9.17) is 4.42 Å². The lowest BCUT2D eigenvalue weighted by molar-refractivity contribution is -0.127. The van der Waals surface area contributed by atoms with Crippen molar-refractivity contribution < 1.29 is 9.21 Å². The summed E-state index contributed by atoms with van der Waals surface area (Å²) in [7, 11) is 1.78. The average Bonchev–Trinajstić information content (AvgIpc) is 3.11. The maximum atomic E-state index is 12.3. The fourth-order valence-electron chi connectivity index (χ4n) is 2.17. The fraction of sp³-hybridized carbons (Fsp3) is 0.167. The van der Waals surface area contributed by atoms with E-state index >= 15 is 0 Å². The number of carbonyl (C=O) groups excluding carboxylic acids is 1. The molecule has 2 aromatic carbocycles. The number of rotatable bonds is 6. The van der Waals surface area contributed by atoms with E-state index < -0.39 is 0 Å². The summed E-state index contributed by atoms with van der Waals surface area (Å²) in [5.74, 6) is 0.703. The molecule has 128 valence electrons. The molecule has 0 unspecified atom stereocenters. The zero-order valence-electron chi connectivity index (χ0n) is 13.6. The van der Waals surface area contributed by atoms with Gasteiger partial charge in [-0.3, -0.25) is 4.79 Å². The van der Waals surface area contributed by atoms with Gasteiger partial charge in [-0.2, -0.15) is 0 Å². The van der Waals surface area contributed by atoms with Gasteiger partial charge in [0.1, 0.15) is 0 Å². The van der Waals surface area contributed by atoms with Gasteiger partial charge in [0, 0.05) is 23.6 Å². The van der Waals surface area contributed by atoms with Crippen molar-refractivity contribution in [2.45, 2.75) is 11.8 Å². The molecule has 0 atom stereocenters. The van der Waals surface area contributed by atoms with Gasteiger partial charge in [-0.25, -0.2) is 0 Å². The lowest BCUT2D eigenvalue weighted by Crippen LogP contribution is -2.27. The summed E-state index contributed by atoms with van der Waals surface area (Å²) in [6.45, 7) is 0.542. The van der Waals surface area contributed by atoms with Gasteiger partial charge in [-0.05, 0) is 23.8 Å². The van der Waals surface area contributed by atoms with Crippen molar-refractivity contribution in [3.05, 3.63) is 64.6 Å². The quantitative estimate of drug-likeness (QED) is 0.561. The molecule has 3 aromatic rings. The van der Waals surface area contributed by atoms with Crippen LogP contribution in [0.25, 0.3) is 11.5 Å². The summed E-state index contributed by atoms with van der Waals surface area (Å²) in [6, 6.07) is 17.4. The molecule has 25 heavy (non-hydrogen) atoms. The highest BCUT2D eigenvalue weighted by Crippen LogP contribution is 2.23. The van der Waals surface area contributed by atoms with E-state index in [1.54, 1.807) is 11.9 Å². The summed E-state index contributed by atoms with van der Waals surface area (Å²) in [5.41, 5.74) is 1.92. The predicted octanol–water partition coefficient (Wildman–Crippen LogP) is 4.25. The second-order valence-electron chi connectivity index (χ2n) is 5.37. The van der Waals surface area contributed by atoms with Crippen LogP contribution in [0.1, 0.15) is 5.56 Å². The van der Waals surface area contributed by atoms with Crippen LogP contribution in [0.5, 0.6) is 0 Å². The molecule has 0 spiro atoms. The largest absolute Gasteiger partial charge is 0.411 e. The van der Waals surface area contributed by atoms with Crippen LogP contribution < -0.4 is 0 Å². The Kier molecular flexibility index (Phi) is 5.88. The third-order valence-corrected chi connectivity index (χ3v) is 5.11. The lowest BCUT2D eigenvalue weighted by Gasteiger charge is -2.17. The van der Waals surface area contributed by atoms with Gasteiger partial charge in [-0.15, -0.1) is 10.2 Å². The number of nitrogens with zero attached hydrogens (tertiary/aromatic N) is 3. The highest BCUT2D eigenvalue weighted by molar-refractivity contribution is 9.10. The van der Waals surface area contributed by atoms with Crippen LogP contribution in [-0.2, 0) is 11.3 Å². The summed E-state index contributed by atoms with van der Waals surface area (Å²) in [6.07, 6.45) is 0. The molecule has 0 aliphatic heterocycles. The summed E-state index contributed by atoms with van der Waals surface area (Å²) < 4.78 is 6.59. The van der Waals surface area contributed by atoms with Crippen molar-refractivity contribution in [2.75, 3.05) is 12.8 Å². The third kappa shape index (κ3) is 4.70. The number of aromatic nitrogens is 2.